The Morgan fingerprint density at radius 2 is 1.09 bits per heavy atom. The molecule has 0 atom stereocenters. The number of aliphatic carboxylic acids is 2. The summed E-state index contributed by atoms with van der Waals surface area (Å²) in [5, 5.41) is 14.8. The molecule has 2 N–H and O–H groups in total. The van der Waals surface area contributed by atoms with E-state index in [-0.39, 0.29) is 0 Å². The normalized spacial score (nSPS) is 11.7. The molecule has 23 heavy (non-hydrogen) atoms. The monoisotopic (exact) mass is 351 g/mol. The Bertz CT molecular complexity index is 288. The maximum absolute atomic E-state index is 9.10. The predicted molar refractivity (Wildman–Crippen MR) is 101 cm³/mol. The molecule has 0 aromatic rings. The second-order valence-electron chi connectivity index (χ2n) is 6.66. The zero-order valence-electron chi connectivity index (χ0n) is 15.7. The topological polar surface area (TPSA) is 77.8 Å². The van der Waals surface area contributed by atoms with Crippen molar-refractivity contribution in [3.63, 3.8) is 0 Å². The molecule has 0 unspecified atom stereocenters. The van der Waals surface area contributed by atoms with Gasteiger partial charge < -0.3 is 10.2 Å². The van der Waals surface area contributed by atoms with Crippen LogP contribution in [-0.2, 0) is 9.59 Å². The van der Waals surface area contributed by atoms with E-state index in [2.05, 4.69) is 39.8 Å². The molecule has 0 aliphatic rings. The van der Waals surface area contributed by atoms with Crippen LogP contribution in [0.2, 0.25) is 0 Å². The third kappa shape index (κ3) is 14.6. The summed E-state index contributed by atoms with van der Waals surface area (Å²) < 4.78 is 0. The molecule has 0 aliphatic heterocycles. The predicted octanol–water partition coefficient (Wildman–Crippen LogP) is 3.81. The van der Waals surface area contributed by atoms with Crippen molar-refractivity contribution < 1.29 is 19.8 Å². The Kier molecular flexibility index (Phi) is 15.9. The fraction of sp³-hybridized carbons (Fsp3) is 0.882. The Balaban J connectivity index is 0. The summed E-state index contributed by atoms with van der Waals surface area (Å²) in [6.07, 6.45) is 14.7. The minimum atomic E-state index is -1.82. The number of nitrogens with zero attached hydrogens (tertiary/aromatic N) is 1. The zero-order chi connectivity index (χ0) is 18.3. The van der Waals surface area contributed by atoms with E-state index in [0.717, 1.165) is 0 Å². The molecule has 5 nitrogen and oxygen atoms in total. The van der Waals surface area contributed by atoms with Crippen molar-refractivity contribution in [3.8, 4) is 0 Å². The minimum Gasteiger partial charge on any atom is -0.473 e. The third-order valence-corrected chi connectivity index (χ3v) is 9.56. The average Bonchev–Trinajstić information content (AvgIpc) is 2.48. The van der Waals surface area contributed by atoms with Crippen LogP contribution in [0, 0.1) is 0 Å². The molecule has 0 amide bonds. The Hall–Kier alpha value is -0.670. The molecule has 6 heteroatoms. The maximum Gasteiger partial charge on any atom is 0.414 e. The number of carbonyl (C=O) groups is 2. The van der Waals surface area contributed by atoms with Crippen LogP contribution in [0.3, 0.4) is 0 Å². The molecule has 0 aromatic carbocycles. The molecule has 0 fully saturated rings. The molecule has 0 radical (unpaired) electrons. The number of hydrogen-bond acceptors (Lipinski definition) is 3. The molecule has 0 spiro atoms. The smallest absolute Gasteiger partial charge is 0.414 e. The Morgan fingerprint density at radius 1 is 0.783 bits per heavy atom. The van der Waals surface area contributed by atoms with Crippen LogP contribution >= 0.6 is 7.26 Å². The summed E-state index contributed by atoms with van der Waals surface area (Å²) in [7, 11) is 3.54. The average molecular weight is 351 g/mol. The molecule has 0 heterocycles. The third-order valence-electron chi connectivity index (χ3n) is 4.02. The number of rotatable bonds is 11. The van der Waals surface area contributed by atoms with Crippen LogP contribution < -0.4 is 0 Å². The summed E-state index contributed by atoms with van der Waals surface area (Å²) in [6.45, 7) is 7.03. The van der Waals surface area contributed by atoms with Gasteiger partial charge in [-0.15, -0.1) is 0 Å². The quantitative estimate of drug-likeness (QED) is 0.437. The fourth-order valence-electron chi connectivity index (χ4n) is 2.94. The Labute approximate surface area is 142 Å². The van der Waals surface area contributed by atoms with Crippen LogP contribution in [0.4, 0.5) is 0 Å². The van der Waals surface area contributed by atoms with E-state index in [1.165, 1.54) is 44.8 Å². The number of carboxylic acids is 2. The van der Waals surface area contributed by atoms with Crippen molar-refractivity contribution in [2.45, 2.75) is 59.3 Å². The van der Waals surface area contributed by atoms with Gasteiger partial charge in [-0.3, -0.25) is 0 Å². The molecule has 0 aromatic heterocycles. The molecule has 140 valence electrons. The van der Waals surface area contributed by atoms with Gasteiger partial charge in [0, 0.05) is 0 Å². The van der Waals surface area contributed by atoms with E-state index in [0.29, 0.717) is 0 Å². The van der Waals surface area contributed by atoms with Crippen molar-refractivity contribution in [1.29, 1.82) is 0 Å². The number of hydrogen-bond donors (Lipinski definition) is 2. The van der Waals surface area contributed by atoms with Gasteiger partial charge in [0.2, 0.25) is 0 Å². The van der Waals surface area contributed by atoms with Crippen molar-refractivity contribution >= 4 is 19.2 Å². The van der Waals surface area contributed by atoms with Crippen molar-refractivity contribution in [1.82, 2.24) is 4.90 Å². The van der Waals surface area contributed by atoms with Crippen LogP contribution in [0.25, 0.3) is 0 Å². The SMILES string of the molecule is CCCC[PH](CCCC)(CCCC)CN(C)C.O=C(O)C(=O)O. The minimum absolute atomic E-state index is 0.996. The summed E-state index contributed by atoms with van der Waals surface area (Å²) in [6, 6.07) is 0. The van der Waals surface area contributed by atoms with E-state index in [1.807, 2.05) is 0 Å². The number of unbranched alkanes of at least 4 members (excludes halogenated alkanes) is 3. The van der Waals surface area contributed by atoms with Gasteiger partial charge in [-0.05, 0) is 0 Å². The first-order chi connectivity index (χ1) is 10.7. The van der Waals surface area contributed by atoms with Crippen LogP contribution in [-0.4, -0.2) is 65.9 Å². The molecule has 0 rings (SSSR count). The standard InChI is InChI=1S/C15H36NP.C2H2O4/c1-6-9-12-17(13-10-7-2,14-11-8-3)15-16(4)5;3-1(4)2(5)6/h17H,6-15H2,1-5H3;(H,3,4)(H,5,6). The first kappa shape index (κ1) is 24.6. The van der Waals surface area contributed by atoms with E-state index in [9.17, 15) is 0 Å². The van der Waals surface area contributed by atoms with Gasteiger partial charge in [0.25, 0.3) is 0 Å². The van der Waals surface area contributed by atoms with Crippen molar-refractivity contribution in [3.05, 3.63) is 0 Å². The van der Waals surface area contributed by atoms with Crippen LogP contribution in [0.15, 0.2) is 0 Å². The molecule has 0 saturated carbocycles. The van der Waals surface area contributed by atoms with E-state index in [4.69, 9.17) is 19.8 Å². The van der Waals surface area contributed by atoms with Gasteiger partial charge in [-0.25, -0.2) is 9.59 Å². The molecular weight excluding hydrogens is 313 g/mol. The van der Waals surface area contributed by atoms with Gasteiger partial charge in [0.05, 0.1) is 0 Å². The van der Waals surface area contributed by atoms with Crippen molar-refractivity contribution in [2.24, 2.45) is 0 Å². The molecular formula is C17H38NO4P. The van der Waals surface area contributed by atoms with Gasteiger partial charge in [-0.2, -0.15) is 0 Å². The molecule has 0 saturated heterocycles. The van der Waals surface area contributed by atoms with E-state index in [1.54, 1.807) is 18.5 Å². The largest absolute Gasteiger partial charge is 0.473 e. The molecule has 0 aliphatic carbocycles. The van der Waals surface area contributed by atoms with Gasteiger partial charge in [0.15, 0.2) is 0 Å². The maximum atomic E-state index is 9.10. The molecule has 0 bridgehead atoms. The van der Waals surface area contributed by atoms with Crippen LogP contribution in [0.1, 0.15) is 59.3 Å². The fourth-order valence-corrected chi connectivity index (χ4v) is 8.81. The summed E-state index contributed by atoms with van der Waals surface area (Å²) in [5.41, 5.74) is 0. The van der Waals surface area contributed by atoms with Gasteiger partial charge in [-0.1, -0.05) is 0 Å². The van der Waals surface area contributed by atoms with Crippen molar-refractivity contribution in [2.75, 3.05) is 38.9 Å². The summed E-state index contributed by atoms with van der Waals surface area (Å²) in [5.74, 6) is -3.65. The van der Waals surface area contributed by atoms with Gasteiger partial charge in [0.1, 0.15) is 0 Å². The second kappa shape index (κ2) is 14.9. The first-order valence-corrected chi connectivity index (χ1v) is 11.7. The zero-order valence-corrected chi connectivity index (χ0v) is 16.7. The summed E-state index contributed by atoms with van der Waals surface area (Å²) >= 11 is 0. The van der Waals surface area contributed by atoms with E-state index >= 15 is 0 Å². The van der Waals surface area contributed by atoms with E-state index < -0.39 is 19.2 Å². The first-order valence-electron chi connectivity index (χ1n) is 8.85. The van der Waals surface area contributed by atoms with Gasteiger partial charge >= 0.3 is 122 Å². The second-order valence-corrected chi connectivity index (χ2v) is 11.5. The summed E-state index contributed by atoms with van der Waals surface area (Å²) in [4.78, 5) is 20.7. The number of carboxylic acid groups (broad SMARTS) is 2. The Morgan fingerprint density at radius 3 is 1.26 bits per heavy atom. The van der Waals surface area contributed by atoms with Crippen LogP contribution in [0.5, 0.6) is 0 Å².